The van der Waals surface area contributed by atoms with E-state index in [-0.39, 0.29) is 5.97 Å². The van der Waals surface area contributed by atoms with Crippen molar-refractivity contribution in [3.05, 3.63) is 12.2 Å². The van der Waals surface area contributed by atoms with Gasteiger partial charge in [-0.25, -0.2) is 0 Å². The summed E-state index contributed by atoms with van der Waals surface area (Å²) < 4.78 is 4.81. The lowest BCUT2D eigenvalue weighted by atomic mass is 10.2. The lowest BCUT2D eigenvalue weighted by Gasteiger charge is -1.98. The fourth-order valence-electron chi connectivity index (χ4n) is 1.13. The molecule has 16 heavy (non-hydrogen) atoms. The monoisotopic (exact) mass is 222 g/mol. The Morgan fingerprint density at radius 2 is 2.12 bits per heavy atom. The minimum atomic E-state index is -0.204. The highest BCUT2D eigenvalue weighted by molar-refractivity contribution is 5.65. The van der Waals surface area contributed by atoms with E-state index in [2.05, 4.69) is 24.8 Å². The number of hydrogen-bond acceptors (Lipinski definition) is 2. The molecule has 0 aliphatic carbocycles. The third kappa shape index (κ3) is 12.8. The van der Waals surface area contributed by atoms with Gasteiger partial charge in [0.05, 0.1) is 6.61 Å². The van der Waals surface area contributed by atoms with Crippen molar-refractivity contribution < 1.29 is 9.53 Å². The van der Waals surface area contributed by atoms with Crippen LogP contribution in [-0.4, -0.2) is 12.6 Å². The van der Waals surface area contributed by atoms with E-state index in [0.29, 0.717) is 6.61 Å². The van der Waals surface area contributed by atoms with Crippen LogP contribution in [0.1, 0.15) is 52.4 Å². The molecule has 0 aromatic carbocycles. The first-order valence-electron chi connectivity index (χ1n) is 6.04. The zero-order valence-electron chi connectivity index (χ0n) is 10.4. The van der Waals surface area contributed by atoms with Crippen molar-refractivity contribution in [1.29, 1.82) is 0 Å². The molecule has 0 bridgehead atoms. The largest absolute Gasteiger partial charge is 0.466 e. The highest BCUT2D eigenvalue weighted by Crippen LogP contribution is 1.96. The highest BCUT2D eigenvalue weighted by Gasteiger charge is 1.90. The molecule has 0 aliphatic heterocycles. The summed E-state index contributed by atoms with van der Waals surface area (Å²) in [6, 6.07) is 0. The first kappa shape index (κ1) is 14.8. The molecule has 0 heterocycles. The summed E-state index contributed by atoms with van der Waals surface area (Å²) in [5.74, 6) is 5.88. The van der Waals surface area contributed by atoms with Crippen LogP contribution in [0.5, 0.6) is 0 Å². The van der Waals surface area contributed by atoms with Crippen molar-refractivity contribution in [1.82, 2.24) is 0 Å². The lowest BCUT2D eigenvalue weighted by molar-refractivity contribution is -0.141. The van der Waals surface area contributed by atoms with Gasteiger partial charge in [0.1, 0.15) is 0 Å². The van der Waals surface area contributed by atoms with Crippen LogP contribution in [-0.2, 0) is 9.53 Å². The van der Waals surface area contributed by atoms with Crippen LogP contribution in [0.4, 0.5) is 0 Å². The molecule has 0 aromatic heterocycles. The van der Waals surface area contributed by atoms with Gasteiger partial charge >= 0.3 is 5.97 Å². The molecule has 0 aromatic rings. The average Bonchev–Trinajstić information content (AvgIpc) is 2.25. The quantitative estimate of drug-likeness (QED) is 0.374. The van der Waals surface area contributed by atoms with E-state index in [1.54, 1.807) is 0 Å². The minimum absolute atomic E-state index is 0.204. The number of ether oxygens (including phenoxy) is 1. The molecule has 2 heteroatoms. The molecule has 0 saturated heterocycles. The lowest BCUT2D eigenvalue weighted by Crippen LogP contribution is -1.99. The van der Waals surface area contributed by atoms with E-state index >= 15 is 0 Å². The van der Waals surface area contributed by atoms with Gasteiger partial charge < -0.3 is 4.74 Å². The second-order valence-electron chi connectivity index (χ2n) is 3.66. The molecule has 0 aliphatic rings. The Labute approximate surface area is 99.1 Å². The van der Waals surface area contributed by atoms with Gasteiger partial charge in [0.15, 0.2) is 0 Å². The van der Waals surface area contributed by atoms with Crippen LogP contribution in [0.2, 0.25) is 0 Å². The third-order valence-corrected chi connectivity index (χ3v) is 2.03. The van der Waals surface area contributed by atoms with Crippen molar-refractivity contribution >= 4 is 5.97 Å². The van der Waals surface area contributed by atoms with Crippen molar-refractivity contribution in [2.45, 2.75) is 52.4 Å². The van der Waals surface area contributed by atoms with E-state index in [1.807, 2.05) is 6.08 Å². The van der Waals surface area contributed by atoms with Gasteiger partial charge in [-0.3, -0.25) is 4.79 Å². The minimum Gasteiger partial charge on any atom is -0.466 e. The Morgan fingerprint density at radius 3 is 2.81 bits per heavy atom. The van der Waals surface area contributed by atoms with Gasteiger partial charge in [0, 0.05) is 13.3 Å². The summed E-state index contributed by atoms with van der Waals surface area (Å²) in [5, 5.41) is 0. The SMILES string of the molecule is CCCC/C=C/C#CCCCCOC(C)=O. The van der Waals surface area contributed by atoms with Gasteiger partial charge in [-0.05, 0) is 25.3 Å². The van der Waals surface area contributed by atoms with Crippen LogP contribution in [0.25, 0.3) is 0 Å². The number of rotatable bonds is 7. The maximum Gasteiger partial charge on any atom is 0.302 e. The van der Waals surface area contributed by atoms with E-state index in [1.165, 1.54) is 19.8 Å². The molecular formula is C14H22O2. The molecule has 0 amide bonds. The first-order chi connectivity index (χ1) is 7.77. The maximum atomic E-state index is 10.4. The van der Waals surface area contributed by atoms with E-state index in [4.69, 9.17) is 4.74 Å². The van der Waals surface area contributed by atoms with Crippen LogP contribution in [0, 0.1) is 11.8 Å². The molecule has 0 unspecified atom stereocenters. The van der Waals surface area contributed by atoms with Crippen LogP contribution in [0.15, 0.2) is 12.2 Å². The van der Waals surface area contributed by atoms with Gasteiger partial charge in [-0.2, -0.15) is 0 Å². The Hall–Kier alpha value is -1.23. The average molecular weight is 222 g/mol. The van der Waals surface area contributed by atoms with Gasteiger partial charge in [-0.15, -0.1) is 0 Å². The standard InChI is InChI=1S/C14H22O2/c1-3-4-5-6-7-8-9-10-11-12-13-16-14(2)15/h6-7H,3-5,10-13H2,1-2H3/b7-6+. The van der Waals surface area contributed by atoms with Gasteiger partial charge in [0.25, 0.3) is 0 Å². The van der Waals surface area contributed by atoms with E-state index in [9.17, 15) is 4.79 Å². The third-order valence-electron chi connectivity index (χ3n) is 2.03. The molecular weight excluding hydrogens is 200 g/mol. The van der Waals surface area contributed by atoms with Crippen molar-refractivity contribution in [2.75, 3.05) is 6.61 Å². The van der Waals surface area contributed by atoms with Gasteiger partial charge in [0.2, 0.25) is 0 Å². The van der Waals surface area contributed by atoms with Crippen LogP contribution < -0.4 is 0 Å². The molecule has 2 nitrogen and oxygen atoms in total. The summed E-state index contributed by atoms with van der Waals surface area (Å²) in [5.41, 5.74) is 0. The second kappa shape index (κ2) is 11.8. The molecule has 0 saturated carbocycles. The van der Waals surface area contributed by atoms with Crippen LogP contribution in [0.3, 0.4) is 0 Å². The smallest absolute Gasteiger partial charge is 0.302 e. The fourth-order valence-corrected chi connectivity index (χ4v) is 1.13. The Bertz CT molecular complexity index is 256. The Balaban J connectivity index is 3.27. The number of unbranched alkanes of at least 4 members (excludes halogenated alkanes) is 4. The molecule has 0 atom stereocenters. The summed E-state index contributed by atoms with van der Waals surface area (Å²) in [6.45, 7) is 4.13. The number of carbonyl (C=O) groups is 1. The summed E-state index contributed by atoms with van der Waals surface area (Å²) >= 11 is 0. The fraction of sp³-hybridized carbons (Fsp3) is 0.643. The molecule has 0 spiro atoms. The van der Waals surface area contributed by atoms with Crippen molar-refractivity contribution in [3.63, 3.8) is 0 Å². The highest BCUT2D eigenvalue weighted by atomic mass is 16.5. The number of allylic oxidation sites excluding steroid dienone is 2. The van der Waals surface area contributed by atoms with Crippen molar-refractivity contribution in [2.24, 2.45) is 0 Å². The maximum absolute atomic E-state index is 10.4. The zero-order chi connectivity index (χ0) is 12.1. The Morgan fingerprint density at radius 1 is 1.31 bits per heavy atom. The normalized spacial score (nSPS) is 9.88. The van der Waals surface area contributed by atoms with Gasteiger partial charge in [-0.1, -0.05) is 37.7 Å². The van der Waals surface area contributed by atoms with E-state index in [0.717, 1.165) is 25.7 Å². The number of esters is 1. The molecule has 0 fully saturated rings. The molecule has 90 valence electrons. The predicted molar refractivity (Wildman–Crippen MR) is 66.9 cm³/mol. The Kier molecular flexibility index (Phi) is 10.9. The topological polar surface area (TPSA) is 26.3 Å². The van der Waals surface area contributed by atoms with Crippen molar-refractivity contribution in [3.8, 4) is 11.8 Å². The predicted octanol–water partition coefficient (Wildman–Crippen LogP) is 3.47. The van der Waals surface area contributed by atoms with Crippen LogP contribution >= 0.6 is 0 Å². The summed E-state index contributed by atoms with van der Waals surface area (Å²) in [7, 11) is 0. The molecule has 0 N–H and O–H groups in total. The molecule has 0 radical (unpaired) electrons. The number of carbonyl (C=O) groups excluding carboxylic acids is 1. The second-order valence-corrected chi connectivity index (χ2v) is 3.66. The summed E-state index contributed by atoms with van der Waals surface area (Å²) in [4.78, 5) is 10.4. The van der Waals surface area contributed by atoms with E-state index < -0.39 is 0 Å². The molecule has 0 rings (SSSR count). The number of hydrogen-bond donors (Lipinski definition) is 0. The summed E-state index contributed by atoms with van der Waals surface area (Å²) in [6.07, 6.45) is 10.4. The zero-order valence-corrected chi connectivity index (χ0v) is 10.4. The first-order valence-corrected chi connectivity index (χ1v) is 6.04.